The maximum Gasteiger partial charge on any atom is 0.295 e. The number of hydrogen-bond acceptors (Lipinski definition) is 6. The van der Waals surface area contributed by atoms with E-state index < -0.39 is 17.7 Å². The van der Waals surface area contributed by atoms with E-state index in [1.54, 1.807) is 43.5 Å². The molecule has 7 heteroatoms. The fraction of sp³-hybridized carbons (Fsp3) is 0.290. The molecule has 1 aliphatic rings. The number of hydrogen-bond donors (Lipinski definition) is 1. The molecule has 1 fully saturated rings. The van der Waals surface area contributed by atoms with Gasteiger partial charge in [-0.05, 0) is 48.7 Å². The van der Waals surface area contributed by atoms with Gasteiger partial charge in [0.05, 0.1) is 38.5 Å². The Kier molecular flexibility index (Phi) is 8.36. The Hall–Kier alpha value is -4.26. The molecule has 1 atom stereocenters. The van der Waals surface area contributed by atoms with Crippen LogP contribution in [0.2, 0.25) is 0 Å². The van der Waals surface area contributed by atoms with Crippen LogP contribution in [0.1, 0.15) is 43.5 Å². The normalized spacial score (nSPS) is 16.7. The minimum absolute atomic E-state index is 0.0135. The highest BCUT2D eigenvalue weighted by molar-refractivity contribution is 6.46. The lowest BCUT2D eigenvalue weighted by atomic mass is 9.95. The SMILES string of the molecule is CCOc1cccc(C2/C(=C(/O)c3cccc(OCC(C)C)c3)C(=O)C(=O)N2Cc2ccccc2OC)c1. The van der Waals surface area contributed by atoms with Gasteiger partial charge in [-0.15, -0.1) is 0 Å². The third-order valence-electron chi connectivity index (χ3n) is 6.25. The molecule has 0 bridgehead atoms. The van der Waals surface area contributed by atoms with Crippen LogP contribution in [0.25, 0.3) is 5.76 Å². The summed E-state index contributed by atoms with van der Waals surface area (Å²) in [6, 6.07) is 20.7. The van der Waals surface area contributed by atoms with E-state index in [9.17, 15) is 14.7 Å². The van der Waals surface area contributed by atoms with Gasteiger partial charge in [0, 0.05) is 11.1 Å². The van der Waals surface area contributed by atoms with Crippen LogP contribution in [0.15, 0.2) is 78.4 Å². The van der Waals surface area contributed by atoms with Gasteiger partial charge in [-0.1, -0.05) is 56.3 Å². The molecule has 0 saturated carbocycles. The first kappa shape index (κ1) is 26.8. The lowest BCUT2D eigenvalue weighted by Crippen LogP contribution is -2.29. The molecule has 38 heavy (non-hydrogen) atoms. The molecule has 1 aliphatic heterocycles. The largest absolute Gasteiger partial charge is 0.507 e. The fourth-order valence-electron chi connectivity index (χ4n) is 4.50. The van der Waals surface area contributed by atoms with Gasteiger partial charge in [0.2, 0.25) is 0 Å². The number of carbonyl (C=O) groups is 2. The number of likely N-dealkylation sites (tertiary alicyclic amines) is 1. The molecule has 1 heterocycles. The number of nitrogens with zero attached hydrogens (tertiary/aromatic N) is 1. The van der Waals surface area contributed by atoms with E-state index in [1.165, 1.54) is 4.90 Å². The lowest BCUT2D eigenvalue weighted by Gasteiger charge is -2.26. The van der Waals surface area contributed by atoms with E-state index in [1.807, 2.05) is 57.2 Å². The van der Waals surface area contributed by atoms with Crippen molar-refractivity contribution >= 4 is 17.4 Å². The maximum absolute atomic E-state index is 13.5. The summed E-state index contributed by atoms with van der Waals surface area (Å²) in [4.78, 5) is 28.4. The van der Waals surface area contributed by atoms with Crippen molar-refractivity contribution < 1.29 is 28.9 Å². The van der Waals surface area contributed by atoms with Crippen molar-refractivity contribution in [3.63, 3.8) is 0 Å². The first-order valence-corrected chi connectivity index (χ1v) is 12.7. The van der Waals surface area contributed by atoms with Crippen LogP contribution in [0.4, 0.5) is 0 Å². The zero-order valence-electron chi connectivity index (χ0n) is 22.1. The molecule has 0 spiro atoms. The second-order valence-corrected chi connectivity index (χ2v) is 9.48. The van der Waals surface area contributed by atoms with Crippen LogP contribution in [0, 0.1) is 5.92 Å². The summed E-state index contributed by atoms with van der Waals surface area (Å²) >= 11 is 0. The number of rotatable bonds is 10. The van der Waals surface area contributed by atoms with Gasteiger partial charge < -0.3 is 24.2 Å². The zero-order valence-corrected chi connectivity index (χ0v) is 22.1. The second-order valence-electron chi connectivity index (χ2n) is 9.48. The molecular formula is C31H33NO6. The Balaban J connectivity index is 1.83. The van der Waals surface area contributed by atoms with Crippen LogP contribution in [0.3, 0.4) is 0 Å². The van der Waals surface area contributed by atoms with Gasteiger partial charge in [-0.2, -0.15) is 0 Å². The van der Waals surface area contributed by atoms with Gasteiger partial charge in [0.15, 0.2) is 0 Å². The Morgan fingerprint density at radius 1 is 0.947 bits per heavy atom. The molecule has 7 nitrogen and oxygen atoms in total. The summed E-state index contributed by atoms with van der Waals surface area (Å²) in [6.07, 6.45) is 0. The van der Waals surface area contributed by atoms with Gasteiger partial charge in [0.1, 0.15) is 23.0 Å². The lowest BCUT2D eigenvalue weighted by molar-refractivity contribution is -0.140. The summed E-state index contributed by atoms with van der Waals surface area (Å²) in [7, 11) is 1.56. The number of para-hydroxylation sites is 1. The number of aliphatic hydroxyl groups is 1. The first-order chi connectivity index (χ1) is 18.3. The van der Waals surface area contributed by atoms with E-state index in [-0.39, 0.29) is 17.9 Å². The third kappa shape index (κ3) is 5.67. The first-order valence-electron chi connectivity index (χ1n) is 12.7. The average Bonchev–Trinajstić information content (AvgIpc) is 3.17. The van der Waals surface area contributed by atoms with Crippen LogP contribution in [0.5, 0.6) is 17.2 Å². The summed E-state index contributed by atoms with van der Waals surface area (Å²) in [5.41, 5.74) is 1.80. The highest BCUT2D eigenvalue weighted by Crippen LogP contribution is 2.42. The second kappa shape index (κ2) is 11.9. The molecule has 1 saturated heterocycles. The highest BCUT2D eigenvalue weighted by atomic mass is 16.5. The summed E-state index contributed by atoms with van der Waals surface area (Å²) in [6.45, 7) is 7.07. The maximum atomic E-state index is 13.5. The number of carbonyl (C=O) groups excluding carboxylic acids is 2. The number of benzene rings is 3. The van der Waals surface area contributed by atoms with E-state index in [2.05, 4.69) is 0 Å². The van der Waals surface area contributed by atoms with Crippen molar-refractivity contribution in [2.24, 2.45) is 5.92 Å². The molecule has 1 N–H and O–H groups in total. The summed E-state index contributed by atoms with van der Waals surface area (Å²) < 4.78 is 17.0. The third-order valence-corrected chi connectivity index (χ3v) is 6.25. The monoisotopic (exact) mass is 515 g/mol. The van der Waals surface area contributed by atoms with Gasteiger partial charge >= 0.3 is 0 Å². The number of methoxy groups -OCH3 is 1. The quantitative estimate of drug-likeness (QED) is 0.210. The summed E-state index contributed by atoms with van der Waals surface area (Å²) in [5, 5.41) is 11.5. The van der Waals surface area contributed by atoms with E-state index in [0.29, 0.717) is 47.5 Å². The molecule has 0 aromatic heterocycles. The number of ether oxygens (including phenoxy) is 3. The standard InChI is InChI=1S/C31H33NO6/c1-5-37-24-13-8-11-21(16-24)28-27(29(33)22-12-9-14-25(17-22)38-19-20(2)3)30(34)31(35)32(28)18-23-10-6-7-15-26(23)36-4/h6-17,20,28,33H,5,18-19H2,1-4H3/b29-27-. The molecule has 4 rings (SSSR count). The Morgan fingerprint density at radius 3 is 2.37 bits per heavy atom. The Bertz CT molecular complexity index is 1350. The van der Waals surface area contributed by atoms with E-state index in [0.717, 1.165) is 5.56 Å². The molecule has 198 valence electrons. The molecule has 1 amide bonds. The predicted octanol–water partition coefficient (Wildman–Crippen LogP) is 5.75. The molecule has 3 aromatic carbocycles. The number of aliphatic hydroxyl groups excluding tert-OH is 1. The Morgan fingerprint density at radius 2 is 1.66 bits per heavy atom. The van der Waals surface area contributed by atoms with Crippen LogP contribution in [-0.4, -0.2) is 42.0 Å². The van der Waals surface area contributed by atoms with Crippen molar-refractivity contribution in [3.05, 3.63) is 95.1 Å². The number of Topliss-reactive ketones (excluding diaryl/α,β-unsaturated/α-hetero) is 1. The number of amides is 1. The highest BCUT2D eigenvalue weighted by Gasteiger charge is 2.46. The average molecular weight is 516 g/mol. The molecular weight excluding hydrogens is 482 g/mol. The minimum atomic E-state index is -0.833. The van der Waals surface area contributed by atoms with E-state index >= 15 is 0 Å². The molecule has 1 unspecified atom stereocenters. The zero-order chi connectivity index (χ0) is 27.2. The number of ketones is 1. The van der Waals surface area contributed by atoms with Gasteiger partial charge in [-0.25, -0.2) is 0 Å². The van der Waals surface area contributed by atoms with Crippen molar-refractivity contribution in [2.45, 2.75) is 33.4 Å². The van der Waals surface area contributed by atoms with Crippen molar-refractivity contribution in [2.75, 3.05) is 20.3 Å². The van der Waals surface area contributed by atoms with Crippen molar-refractivity contribution in [1.82, 2.24) is 4.90 Å². The smallest absolute Gasteiger partial charge is 0.295 e. The van der Waals surface area contributed by atoms with Gasteiger partial charge in [-0.3, -0.25) is 9.59 Å². The molecule has 0 aliphatic carbocycles. The predicted molar refractivity (Wildman–Crippen MR) is 145 cm³/mol. The fourth-order valence-corrected chi connectivity index (χ4v) is 4.50. The minimum Gasteiger partial charge on any atom is -0.507 e. The van der Waals surface area contributed by atoms with Crippen LogP contribution in [-0.2, 0) is 16.1 Å². The van der Waals surface area contributed by atoms with Crippen LogP contribution < -0.4 is 14.2 Å². The van der Waals surface area contributed by atoms with Crippen LogP contribution >= 0.6 is 0 Å². The van der Waals surface area contributed by atoms with Crippen molar-refractivity contribution in [3.8, 4) is 17.2 Å². The topological polar surface area (TPSA) is 85.3 Å². The molecule has 0 radical (unpaired) electrons. The van der Waals surface area contributed by atoms with Gasteiger partial charge in [0.25, 0.3) is 11.7 Å². The molecule has 3 aromatic rings. The summed E-state index contributed by atoms with van der Waals surface area (Å²) in [5.74, 6) is 0.399. The van der Waals surface area contributed by atoms with Crippen molar-refractivity contribution in [1.29, 1.82) is 0 Å². The Labute approximate surface area is 223 Å². The van der Waals surface area contributed by atoms with E-state index in [4.69, 9.17) is 14.2 Å².